The van der Waals surface area contributed by atoms with Crippen molar-refractivity contribution in [2.24, 2.45) is 11.7 Å². The van der Waals surface area contributed by atoms with Crippen LogP contribution in [0, 0.1) is 5.92 Å². The lowest BCUT2D eigenvalue weighted by Gasteiger charge is -2.41. The number of likely N-dealkylation sites (N-methyl/N-ethyl adjacent to an activating group) is 1. The van der Waals surface area contributed by atoms with Gasteiger partial charge < -0.3 is 10.6 Å². The normalized spacial score (nSPS) is 28.7. The summed E-state index contributed by atoms with van der Waals surface area (Å²) in [6.07, 6.45) is 11.3. The minimum atomic E-state index is 0.630. The zero-order valence-corrected chi connectivity index (χ0v) is 13.0. The highest BCUT2D eigenvalue weighted by Crippen LogP contribution is 2.29. The van der Waals surface area contributed by atoms with E-state index in [1.165, 1.54) is 64.5 Å². The van der Waals surface area contributed by atoms with Gasteiger partial charge >= 0.3 is 0 Å². The summed E-state index contributed by atoms with van der Waals surface area (Å²) in [7, 11) is 4.43. The van der Waals surface area contributed by atoms with Crippen LogP contribution in [0.5, 0.6) is 0 Å². The third-order valence-electron chi connectivity index (χ3n) is 5.28. The Hall–Kier alpha value is -0.120. The Balaban J connectivity index is 1.85. The molecular weight excluding hydrogens is 234 g/mol. The molecule has 2 atom stereocenters. The van der Waals surface area contributed by atoms with Gasteiger partial charge in [-0.1, -0.05) is 32.1 Å². The van der Waals surface area contributed by atoms with E-state index in [4.69, 9.17) is 5.73 Å². The summed E-state index contributed by atoms with van der Waals surface area (Å²) in [6.45, 7) is 3.33. The number of nitrogens with zero attached hydrogens (tertiary/aromatic N) is 2. The molecule has 2 aliphatic rings. The Morgan fingerprint density at radius 2 is 1.84 bits per heavy atom. The van der Waals surface area contributed by atoms with E-state index in [0.717, 1.165) is 18.5 Å². The first-order valence-corrected chi connectivity index (χ1v) is 8.31. The van der Waals surface area contributed by atoms with Crippen molar-refractivity contribution >= 4 is 0 Å². The summed E-state index contributed by atoms with van der Waals surface area (Å²) in [5.41, 5.74) is 6.09. The summed E-state index contributed by atoms with van der Waals surface area (Å²) < 4.78 is 0. The van der Waals surface area contributed by atoms with Gasteiger partial charge in [0.2, 0.25) is 0 Å². The average Bonchev–Trinajstić information content (AvgIpc) is 2.46. The first-order valence-electron chi connectivity index (χ1n) is 8.31. The fraction of sp³-hybridized carbons (Fsp3) is 1.00. The van der Waals surface area contributed by atoms with E-state index >= 15 is 0 Å². The Morgan fingerprint density at radius 3 is 2.47 bits per heavy atom. The molecule has 2 fully saturated rings. The quantitative estimate of drug-likeness (QED) is 0.829. The van der Waals surface area contributed by atoms with Crippen molar-refractivity contribution in [3.8, 4) is 0 Å². The van der Waals surface area contributed by atoms with Crippen molar-refractivity contribution in [3.63, 3.8) is 0 Å². The molecule has 1 saturated carbocycles. The topological polar surface area (TPSA) is 32.5 Å². The van der Waals surface area contributed by atoms with E-state index in [9.17, 15) is 0 Å². The molecule has 0 aromatic heterocycles. The molecule has 1 saturated heterocycles. The summed E-state index contributed by atoms with van der Waals surface area (Å²) in [6, 6.07) is 1.36. The second-order valence-electron chi connectivity index (χ2n) is 6.88. The van der Waals surface area contributed by atoms with Gasteiger partial charge in [-0.2, -0.15) is 0 Å². The van der Waals surface area contributed by atoms with Gasteiger partial charge in [0.15, 0.2) is 0 Å². The van der Waals surface area contributed by atoms with Gasteiger partial charge in [0.05, 0.1) is 0 Å². The Labute approximate surface area is 119 Å². The third kappa shape index (κ3) is 4.44. The van der Waals surface area contributed by atoms with Crippen molar-refractivity contribution in [3.05, 3.63) is 0 Å². The molecule has 0 radical (unpaired) electrons. The highest BCUT2D eigenvalue weighted by atomic mass is 15.2. The second kappa shape index (κ2) is 7.61. The zero-order chi connectivity index (χ0) is 13.7. The highest BCUT2D eigenvalue weighted by Gasteiger charge is 2.28. The molecule has 3 nitrogen and oxygen atoms in total. The lowest BCUT2D eigenvalue weighted by atomic mass is 9.84. The SMILES string of the molecule is CN(C)C1CCCN(C(CN)CC2CCCCC2)C1. The van der Waals surface area contributed by atoms with Crippen LogP contribution in [-0.4, -0.2) is 55.6 Å². The molecule has 1 heterocycles. The number of piperidine rings is 1. The van der Waals surface area contributed by atoms with Crippen LogP contribution >= 0.6 is 0 Å². The number of hydrogen-bond acceptors (Lipinski definition) is 3. The van der Waals surface area contributed by atoms with E-state index in [-0.39, 0.29) is 0 Å². The summed E-state index contributed by atoms with van der Waals surface area (Å²) in [4.78, 5) is 5.07. The minimum Gasteiger partial charge on any atom is -0.329 e. The van der Waals surface area contributed by atoms with Crippen LogP contribution in [-0.2, 0) is 0 Å². The van der Waals surface area contributed by atoms with E-state index < -0.39 is 0 Å². The fourth-order valence-electron chi connectivity index (χ4n) is 3.94. The maximum absolute atomic E-state index is 6.09. The number of likely N-dealkylation sites (tertiary alicyclic amines) is 1. The molecular formula is C16H33N3. The van der Waals surface area contributed by atoms with Crippen molar-refractivity contribution in [1.82, 2.24) is 9.80 Å². The maximum Gasteiger partial charge on any atom is 0.0221 e. The number of hydrogen-bond donors (Lipinski definition) is 1. The van der Waals surface area contributed by atoms with Crippen molar-refractivity contribution < 1.29 is 0 Å². The van der Waals surface area contributed by atoms with Gasteiger partial charge in [-0.3, -0.25) is 4.90 Å². The number of nitrogens with two attached hydrogens (primary N) is 1. The smallest absolute Gasteiger partial charge is 0.0221 e. The first kappa shape index (κ1) is 15.3. The molecule has 19 heavy (non-hydrogen) atoms. The monoisotopic (exact) mass is 267 g/mol. The third-order valence-corrected chi connectivity index (χ3v) is 5.28. The largest absolute Gasteiger partial charge is 0.329 e. The molecule has 1 aliphatic heterocycles. The van der Waals surface area contributed by atoms with Crippen molar-refractivity contribution in [2.75, 3.05) is 33.7 Å². The van der Waals surface area contributed by atoms with Gasteiger partial charge in [-0.05, 0) is 45.8 Å². The van der Waals surface area contributed by atoms with Crippen molar-refractivity contribution in [2.45, 2.75) is 63.5 Å². The molecule has 0 amide bonds. The van der Waals surface area contributed by atoms with E-state index in [1.807, 2.05) is 0 Å². The Morgan fingerprint density at radius 1 is 1.11 bits per heavy atom. The second-order valence-corrected chi connectivity index (χ2v) is 6.88. The van der Waals surface area contributed by atoms with E-state index in [0.29, 0.717) is 6.04 Å². The molecule has 2 unspecified atom stereocenters. The fourth-order valence-corrected chi connectivity index (χ4v) is 3.94. The molecule has 3 heteroatoms. The lowest BCUT2D eigenvalue weighted by molar-refractivity contribution is 0.0835. The highest BCUT2D eigenvalue weighted by molar-refractivity contribution is 4.85. The maximum atomic E-state index is 6.09. The van der Waals surface area contributed by atoms with Crippen LogP contribution in [0.15, 0.2) is 0 Å². The molecule has 112 valence electrons. The van der Waals surface area contributed by atoms with Crippen LogP contribution in [0.2, 0.25) is 0 Å². The molecule has 1 aliphatic carbocycles. The zero-order valence-electron chi connectivity index (χ0n) is 13.0. The molecule has 0 aromatic rings. The predicted octanol–water partition coefficient (Wildman–Crippen LogP) is 2.31. The first-order chi connectivity index (χ1) is 9.20. The van der Waals surface area contributed by atoms with Gasteiger partial charge in [-0.15, -0.1) is 0 Å². The molecule has 0 spiro atoms. The molecule has 2 rings (SSSR count). The summed E-state index contributed by atoms with van der Waals surface area (Å²) >= 11 is 0. The Kier molecular flexibility index (Phi) is 6.11. The minimum absolute atomic E-state index is 0.630. The molecule has 2 N–H and O–H groups in total. The van der Waals surface area contributed by atoms with Gasteiger partial charge in [0, 0.05) is 25.2 Å². The average molecular weight is 267 g/mol. The molecule has 0 bridgehead atoms. The summed E-state index contributed by atoms with van der Waals surface area (Å²) in [5, 5.41) is 0. The van der Waals surface area contributed by atoms with Gasteiger partial charge in [0.25, 0.3) is 0 Å². The van der Waals surface area contributed by atoms with E-state index in [2.05, 4.69) is 23.9 Å². The van der Waals surface area contributed by atoms with E-state index in [1.54, 1.807) is 0 Å². The van der Waals surface area contributed by atoms with Crippen LogP contribution < -0.4 is 5.73 Å². The van der Waals surface area contributed by atoms with Crippen LogP contribution in [0.4, 0.5) is 0 Å². The standard InChI is InChI=1S/C16H33N3/c1-18(2)15-9-6-10-19(13-15)16(12-17)11-14-7-4-3-5-8-14/h14-16H,3-13,17H2,1-2H3. The van der Waals surface area contributed by atoms with Gasteiger partial charge in [0.1, 0.15) is 0 Å². The van der Waals surface area contributed by atoms with Crippen LogP contribution in [0.25, 0.3) is 0 Å². The molecule has 0 aromatic carbocycles. The van der Waals surface area contributed by atoms with Crippen LogP contribution in [0.1, 0.15) is 51.4 Å². The predicted molar refractivity (Wildman–Crippen MR) is 82.3 cm³/mol. The van der Waals surface area contributed by atoms with Gasteiger partial charge in [-0.25, -0.2) is 0 Å². The summed E-state index contributed by atoms with van der Waals surface area (Å²) in [5.74, 6) is 0.946. The van der Waals surface area contributed by atoms with Crippen LogP contribution in [0.3, 0.4) is 0 Å². The Bertz CT molecular complexity index is 248. The number of rotatable bonds is 5. The van der Waals surface area contributed by atoms with Crippen molar-refractivity contribution in [1.29, 1.82) is 0 Å². The lowest BCUT2D eigenvalue weighted by Crippen LogP contribution is -2.51.